The van der Waals surface area contributed by atoms with Crippen molar-refractivity contribution in [2.45, 2.75) is 19.4 Å². The summed E-state index contributed by atoms with van der Waals surface area (Å²) in [7, 11) is 2.06. The normalized spacial score (nSPS) is 19.7. The number of nitrogens with one attached hydrogen (secondary N) is 1. The van der Waals surface area contributed by atoms with Crippen LogP contribution in [0.3, 0.4) is 0 Å². The number of hydrogen-bond acceptors (Lipinski definition) is 4. The number of rotatable bonds is 2. The average molecular weight is 229 g/mol. The lowest BCUT2D eigenvalue weighted by atomic mass is 10.2. The van der Waals surface area contributed by atoms with Crippen molar-refractivity contribution in [2.75, 3.05) is 25.0 Å². The summed E-state index contributed by atoms with van der Waals surface area (Å²) in [5, 5.41) is 3.34. The summed E-state index contributed by atoms with van der Waals surface area (Å²) in [6.07, 6.45) is 2.99. The van der Waals surface area contributed by atoms with Crippen LogP contribution in [0.4, 0.5) is 5.95 Å². The Morgan fingerprint density at radius 1 is 1.53 bits per heavy atom. The molecule has 0 radical (unpaired) electrons. The highest BCUT2D eigenvalue weighted by Crippen LogP contribution is 2.13. The maximum Gasteiger partial charge on any atom is 0.225 e. The monoisotopic (exact) mass is 228 g/mol. The molecule has 0 amide bonds. The number of anilines is 1. The van der Waals surface area contributed by atoms with Gasteiger partial charge in [-0.05, 0) is 26.0 Å². The van der Waals surface area contributed by atoms with Crippen molar-refractivity contribution in [3.05, 3.63) is 18.0 Å². The van der Waals surface area contributed by atoms with Gasteiger partial charge in [0.1, 0.15) is 0 Å². The van der Waals surface area contributed by atoms with Gasteiger partial charge in [-0.25, -0.2) is 9.97 Å². The smallest absolute Gasteiger partial charge is 0.225 e. The number of nitrogens with zero attached hydrogens (tertiary/aromatic N) is 3. The molecule has 5 heteroatoms. The van der Waals surface area contributed by atoms with Gasteiger partial charge in [-0.2, -0.15) is 0 Å². The van der Waals surface area contributed by atoms with Crippen LogP contribution in [0.1, 0.15) is 12.1 Å². The number of aryl methyl sites for hydroxylation is 1. The molecule has 2 rings (SSSR count). The molecule has 1 saturated heterocycles. The van der Waals surface area contributed by atoms with E-state index in [0.717, 1.165) is 24.7 Å². The van der Waals surface area contributed by atoms with Crippen LogP contribution in [0, 0.1) is 6.92 Å². The topological polar surface area (TPSA) is 41.1 Å². The molecule has 1 N–H and O–H groups in total. The molecule has 1 fully saturated rings. The third-order valence-corrected chi connectivity index (χ3v) is 2.68. The van der Waals surface area contributed by atoms with E-state index in [0.29, 0.717) is 6.04 Å². The Labute approximate surface area is 96.5 Å². The van der Waals surface area contributed by atoms with Gasteiger partial charge in [-0.3, -0.25) is 0 Å². The molecule has 1 aromatic rings. The van der Waals surface area contributed by atoms with Gasteiger partial charge in [0.15, 0.2) is 0 Å². The van der Waals surface area contributed by atoms with Crippen LogP contribution in [0.15, 0.2) is 12.3 Å². The van der Waals surface area contributed by atoms with E-state index in [1.165, 1.54) is 6.42 Å². The lowest BCUT2D eigenvalue weighted by Gasteiger charge is -2.23. The predicted octanol–water partition coefficient (Wildman–Crippen LogP) is 1.00. The molecule has 0 saturated carbocycles. The second-order valence-corrected chi connectivity index (χ2v) is 3.76. The van der Waals surface area contributed by atoms with Gasteiger partial charge in [-0.15, -0.1) is 12.4 Å². The molecule has 1 aliphatic heterocycles. The average Bonchev–Trinajstić information content (AvgIpc) is 2.69. The highest BCUT2D eigenvalue weighted by molar-refractivity contribution is 5.85. The molecule has 1 unspecified atom stereocenters. The fourth-order valence-corrected chi connectivity index (χ4v) is 1.74. The van der Waals surface area contributed by atoms with Crippen LogP contribution in [-0.4, -0.2) is 36.1 Å². The number of hydrogen-bond donors (Lipinski definition) is 1. The minimum absolute atomic E-state index is 0. The third kappa shape index (κ3) is 2.79. The summed E-state index contributed by atoms with van der Waals surface area (Å²) in [4.78, 5) is 10.8. The standard InChI is InChI=1S/C10H16N4.ClH/c1-8-3-6-12-10(13-8)14(2)9-4-5-11-7-9;/h3,6,9,11H,4-5,7H2,1-2H3;1H. The fourth-order valence-electron chi connectivity index (χ4n) is 1.74. The van der Waals surface area contributed by atoms with E-state index < -0.39 is 0 Å². The van der Waals surface area contributed by atoms with Gasteiger partial charge in [0, 0.05) is 31.5 Å². The minimum Gasteiger partial charge on any atom is -0.340 e. The maximum atomic E-state index is 4.40. The number of halogens is 1. The van der Waals surface area contributed by atoms with Crippen LogP contribution in [0.5, 0.6) is 0 Å². The summed E-state index contributed by atoms with van der Waals surface area (Å²) < 4.78 is 0. The van der Waals surface area contributed by atoms with Crippen molar-refractivity contribution in [1.29, 1.82) is 0 Å². The van der Waals surface area contributed by atoms with E-state index in [4.69, 9.17) is 0 Å². The van der Waals surface area contributed by atoms with Crippen molar-refractivity contribution in [1.82, 2.24) is 15.3 Å². The van der Waals surface area contributed by atoms with Gasteiger partial charge in [0.05, 0.1) is 0 Å². The lowest BCUT2D eigenvalue weighted by Crippen LogP contribution is -2.34. The first-order valence-electron chi connectivity index (χ1n) is 5.00. The van der Waals surface area contributed by atoms with Crippen molar-refractivity contribution >= 4 is 18.4 Å². The van der Waals surface area contributed by atoms with Crippen LogP contribution in [-0.2, 0) is 0 Å². The number of aromatic nitrogens is 2. The minimum atomic E-state index is 0. The first-order chi connectivity index (χ1) is 6.77. The molecule has 2 heterocycles. The van der Waals surface area contributed by atoms with Crippen molar-refractivity contribution in [3.8, 4) is 0 Å². The van der Waals surface area contributed by atoms with E-state index in [1.807, 2.05) is 19.2 Å². The Morgan fingerprint density at radius 2 is 2.33 bits per heavy atom. The van der Waals surface area contributed by atoms with Crippen molar-refractivity contribution in [3.63, 3.8) is 0 Å². The van der Waals surface area contributed by atoms with Crippen LogP contribution in [0.25, 0.3) is 0 Å². The first-order valence-corrected chi connectivity index (χ1v) is 5.00. The van der Waals surface area contributed by atoms with Crippen molar-refractivity contribution < 1.29 is 0 Å². The Morgan fingerprint density at radius 3 is 2.93 bits per heavy atom. The number of likely N-dealkylation sites (N-methyl/N-ethyl adjacent to an activating group) is 1. The Bertz CT molecular complexity index is 312. The van der Waals surface area contributed by atoms with Gasteiger partial charge in [-0.1, -0.05) is 0 Å². The molecule has 0 bridgehead atoms. The van der Waals surface area contributed by atoms with Gasteiger partial charge in [0.2, 0.25) is 5.95 Å². The maximum absolute atomic E-state index is 4.40. The largest absolute Gasteiger partial charge is 0.340 e. The van der Waals surface area contributed by atoms with E-state index >= 15 is 0 Å². The molecule has 1 aromatic heterocycles. The molecule has 0 aromatic carbocycles. The van der Waals surface area contributed by atoms with Crippen molar-refractivity contribution in [2.24, 2.45) is 0 Å². The van der Waals surface area contributed by atoms with Gasteiger partial charge < -0.3 is 10.2 Å². The summed E-state index contributed by atoms with van der Waals surface area (Å²) in [5.41, 5.74) is 1.02. The highest BCUT2D eigenvalue weighted by atomic mass is 35.5. The quantitative estimate of drug-likeness (QED) is 0.820. The zero-order valence-electron chi connectivity index (χ0n) is 9.10. The Hall–Kier alpha value is -0.870. The van der Waals surface area contributed by atoms with Gasteiger partial charge in [0.25, 0.3) is 0 Å². The molecule has 0 aliphatic carbocycles. The van der Waals surface area contributed by atoms with Crippen LogP contribution in [0.2, 0.25) is 0 Å². The van der Waals surface area contributed by atoms with Crippen LogP contribution < -0.4 is 10.2 Å². The Kier molecular flexibility index (Phi) is 4.29. The highest BCUT2D eigenvalue weighted by Gasteiger charge is 2.20. The first kappa shape index (κ1) is 12.2. The lowest BCUT2D eigenvalue weighted by molar-refractivity contribution is 0.667. The van der Waals surface area contributed by atoms with E-state index in [1.54, 1.807) is 0 Å². The second kappa shape index (κ2) is 5.28. The molecular formula is C10H17ClN4. The van der Waals surface area contributed by atoms with E-state index in [-0.39, 0.29) is 12.4 Å². The fraction of sp³-hybridized carbons (Fsp3) is 0.600. The second-order valence-electron chi connectivity index (χ2n) is 3.76. The molecule has 0 spiro atoms. The summed E-state index contributed by atoms with van der Waals surface area (Å²) >= 11 is 0. The molecule has 15 heavy (non-hydrogen) atoms. The molecule has 4 nitrogen and oxygen atoms in total. The third-order valence-electron chi connectivity index (χ3n) is 2.68. The summed E-state index contributed by atoms with van der Waals surface area (Å²) in [6, 6.07) is 2.46. The predicted molar refractivity (Wildman–Crippen MR) is 63.7 cm³/mol. The van der Waals surface area contributed by atoms with Gasteiger partial charge >= 0.3 is 0 Å². The summed E-state index contributed by atoms with van der Waals surface area (Å²) in [6.45, 7) is 4.13. The van der Waals surface area contributed by atoms with E-state index in [2.05, 4.69) is 27.2 Å². The molecule has 1 atom stereocenters. The van der Waals surface area contributed by atoms with Crippen LogP contribution >= 0.6 is 12.4 Å². The van der Waals surface area contributed by atoms with E-state index in [9.17, 15) is 0 Å². The Balaban J connectivity index is 0.00000112. The molecular weight excluding hydrogens is 212 g/mol. The molecule has 84 valence electrons. The molecule has 1 aliphatic rings. The zero-order valence-corrected chi connectivity index (χ0v) is 9.92. The summed E-state index contributed by atoms with van der Waals surface area (Å²) in [5.74, 6) is 0.832. The SMILES string of the molecule is Cc1ccnc(N(C)C2CCNC2)n1.Cl. The zero-order chi connectivity index (χ0) is 9.97.